The van der Waals surface area contributed by atoms with Crippen LogP contribution in [0.1, 0.15) is 44.4 Å². The van der Waals surface area contributed by atoms with Crippen molar-refractivity contribution in [1.82, 2.24) is 0 Å². The molecule has 0 aliphatic carbocycles. The molecule has 0 aliphatic heterocycles. The van der Waals surface area contributed by atoms with Crippen LogP contribution in [0.5, 0.6) is 17.2 Å². The molecule has 160 valence electrons. The molecule has 29 heavy (non-hydrogen) atoms. The molecule has 0 heterocycles. The van der Waals surface area contributed by atoms with Gasteiger partial charge in [-0.25, -0.2) is 4.39 Å². The Hall–Kier alpha value is -1.88. The molecule has 2 rings (SSSR count). The third-order valence-electron chi connectivity index (χ3n) is 4.98. The van der Waals surface area contributed by atoms with E-state index in [2.05, 4.69) is 13.8 Å². The normalized spacial score (nSPS) is 14.6. The largest absolute Gasteiger partial charge is 0.497 e. The van der Waals surface area contributed by atoms with E-state index in [1.54, 1.807) is 40.4 Å². The predicted molar refractivity (Wildman–Crippen MR) is 115 cm³/mol. The number of rotatable bonds is 10. The molecule has 0 radical (unpaired) electrons. The first-order valence-corrected chi connectivity index (χ1v) is 10.4. The number of hydrogen-bond donors (Lipinski definition) is 1. The van der Waals surface area contributed by atoms with Crippen LogP contribution in [0.2, 0.25) is 0 Å². The quantitative estimate of drug-likeness (QED) is 0.449. The zero-order chi connectivity index (χ0) is 21.6. The van der Waals surface area contributed by atoms with Gasteiger partial charge in [-0.2, -0.15) is 0 Å². The Kier molecular flexibility index (Phi) is 8.26. The van der Waals surface area contributed by atoms with Gasteiger partial charge in [0.1, 0.15) is 11.6 Å². The van der Waals surface area contributed by atoms with Crippen LogP contribution in [-0.2, 0) is 9.89 Å². The highest BCUT2D eigenvalue weighted by Crippen LogP contribution is 2.51. The van der Waals surface area contributed by atoms with Gasteiger partial charge in [0, 0.05) is 23.9 Å². The Morgan fingerprint density at radius 3 is 2.41 bits per heavy atom. The third-order valence-corrected chi connectivity index (χ3v) is 6.88. The highest BCUT2D eigenvalue weighted by Gasteiger charge is 2.32. The summed E-state index contributed by atoms with van der Waals surface area (Å²) in [7, 11) is 4.99. The van der Waals surface area contributed by atoms with Crippen molar-refractivity contribution < 1.29 is 28.4 Å². The van der Waals surface area contributed by atoms with E-state index >= 15 is 0 Å². The van der Waals surface area contributed by atoms with E-state index < -0.39 is 6.10 Å². The van der Waals surface area contributed by atoms with Crippen LogP contribution in [-0.4, -0.2) is 33.2 Å². The third kappa shape index (κ3) is 5.39. The maximum atomic E-state index is 13.8. The summed E-state index contributed by atoms with van der Waals surface area (Å²) in [6, 6.07) is 8.29. The number of aliphatic hydroxyl groups is 1. The van der Waals surface area contributed by atoms with Gasteiger partial charge < -0.3 is 24.1 Å². The standard InChI is InChI=1S/C22H30FO5P/c1-7-22(3,29-20-9-8-15(23)10-17(20)14(2)24)18-11-16(26-5)12-19(27-6)21(18)28-13-25-4/h8-12,14,24,29H,7,13H2,1-6H3. The fourth-order valence-electron chi connectivity index (χ4n) is 3.16. The topological polar surface area (TPSA) is 57.2 Å². The van der Waals surface area contributed by atoms with Gasteiger partial charge in [-0.05, 0) is 42.4 Å². The highest BCUT2D eigenvalue weighted by molar-refractivity contribution is 7.48. The van der Waals surface area contributed by atoms with Crippen molar-refractivity contribution >= 4 is 13.9 Å². The zero-order valence-corrected chi connectivity index (χ0v) is 18.8. The molecule has 0 amide bonds. The molecule has 0 saturated carbocycles. The molecule has 5 nitrogen and oxygen atoms in total. The summed E-state index contributed by atoms with van der Waals surface area (Å²) < 4.78 is 35.8. The Labute approximate surface area is 173 Å². The van der Waals surface area contributed by atoms with Gasteiger partial charge in [0.25, 0.3) is 0 Å². The average molecular weight is 424 g/mol. The van der Waals surface area contributed by atoms with E-state index in [1.807, 2.05) is 6.07 Å². The molecule has 0 fully saturated rings. The maximum absolute atomic E-state index is 13.8. The number of ether oxygens (including phenoxy) is 4. The molecule has 3 atom stereocenters. The van der Waals surface area contributed by atoms with Crippen molar-refractivity contribution in [2.45, 2.75) is 38.5 Å². The molecule has 7 heteroatoms. The zero-order valence-electron chi connectivity index (χ0n) is 17.8. The summed E-state index contributed by atoms with van der Waals surface area (Å²) in [5.41, 5.74) is 1.50. The first-order valence-electron chi connectivity index (χ1n) is 9.43. The minimum absolute atomic E-state index is 0.0774. The van der Waals surface area contributed by atoms with E-state index in [0.29, 0.717) is 22.8 Å². The summed E-state index contributed by atoms with van der Waals surface area (Å²) in [6.45, 7) is 5.93. The highest BCUT2D eigenvalue weighted by atomic mass is 31.1. The summed E-state index contributed by atoms with van der Waals surface area (Å²) >= 11 is 0. The fraction of sp³-hybridized carbons (Fsp3) is 0.455. The fourth-order valence-corrected chi connectivity index (χ4v) is 4.84. The van der Waals surface area contributed by atoms with E-state index in [4.69, 9.17) is 18.9 Å². The second-order valence-corrected chi connectivity index (χ2v) is 8.87. The molecule has 0 bridgehead atoms. The molecule has 2 aromatic rings. The number of benzene rings is 2. The lowest BCUT2D eigenvalue weighted by Gasteiger charge is -2.33. The van der Waals surface area contributed by atoms with Gasteiger partial charge in [-0.3, -0.25) is 0 Å². The minimum atomic E-state index is -0.765. The predicted octanol–water partition coefficient (Wildman–Crippen LogP) is 4.51. The van der Waals surface area contributed by atoms with E-state index in [-0.39, 0.29) is 26.3 Å². The molecule has 2 aromatic carbocycles. The number of hydrogen-bond acceptors (Lipinski definition) is 5. The van der Waals surface area contributed by atoms with Gasteiger partial charge in [0.2, 0.25) is 0 Å². The Bertz CT molecular complexity index is 827. The van der Waals surface area contributed by atoms with Crippen molar-refractivity contribution in [3.05, 3.63) is 47.3 Å². The molecular formula is C22H30FO5P. The maximum Gasteiger partial charge on any atom is 0.188 e. The van der Waals surface area contributed by atoms with Crippen LogP contribution in [0.3, 0.4) is 0 Å². The Balaban J connectivity index is 2.62. The van der Waals surface area contributed by atoms with E-state index in [9.17, 15) is 9.50 Å². The van der Waals surface area contributed by atoms with Crippen molar-refractivity contribution in [3.63, 3.8) is 0 Å². The molecule has 0 saturated heterocycles. The van der Waals surface area contributed by atoms with E-state index in [1.165, 1.54) is 12.1 Å². The first kappa shape index (κ1) is 23.4. The second kappa shape index (κ2) is 10.2. The summed E-state index contributed by atoms with van der Waals surface area (Å²) in [4.78, 5) is 0. The van der Waals surface area contributed by atoms with Crippen molar-refractivity contribution in [3.8, 4) is 17.2 Å². The smallest absolute Gasteiger partial charge is 0.188 e. The van der Waals surface area contributed by atoms with Crippen LogP contribution in [0, 0.1) is 5.82 Å². The van der Waals surface area contributed by atoms with Crippen LogP contribution in [0.15, 0.2) is 30.3 Å². The van der Waals surface area contributed by atoms with E-state index in [0.717, 1.165) is 17.3 Å². The van der Waals surface area contributed by atoms with Gasteiger partial charge >= 0.3 is 0 Å². The lowest BCUT2D eigenvalue weighted by molar-refractivity contribution is 0.0479. The number of aliphatic hydroxyl groups excluding tert-OH is 1. The second-order valence-electron chi connectivity index (χ2n) is 6.98. The van der Waals surface area contributed by atoms with Crippen molar-refractivity contribution in [1.29, 1.82) is 0 Å². The molecule has 3 unspecified atom stereocenters. The van der Waals surface area contributed by atoms with Gasteiger partial charge in [0.15, 0.2) is 18.3 Å². The van der Waals surface area contributed by atoms with Gasteiger partial charge in [-0.1, -0.05) is 28.5 Å². The molecule has 1 N–H and O–H groups in total. The summed E-state index contributed by atoms with van der Waals surface area (Å²) in [5, 5.41) is 10.7. The van der Waals surface area contributed by atoms with Crippen LogP contribution < -0.4 is 19.5 Å². The van der Waals surface area contributed by atoms with Crippen LogP contribution in [0.25, 0.3) is 0 Å². The summed E-state index contributed by atoms with van der Waals surface area (Å²) in [6.07, 6.45) is 0.0141. The SMILES string of the molecule is CCC(C)(Pc1ccc(F)cc1C(C)O)c1cc(OC)cc(OC)c1OCOC. The Morgan fingerprint density at radius 1 is 1.14 bits per heavy atom. The lowest BCUT2D eigenvalue weighted by Crippen LogP contribution is -2.22. The van der Waals surface area contributed by atoms with Crippen LogP contribution >= 0.6 is 8.58 Å². The monoisotopic (exact) mass is 424 g/mol. The average Bonchev–Trinajstić information content (AvgIpc) is 2.72. The molecule has 0 spiro atoms. The first-order chi connectivity index (χ1) is 13.8. The molecule has 0 aliphatic rings. The number of halogens is 1. The lowest BCUT2D eigenvalue weighted by atomic mass is 9.95. The van der Waals surface area contributed by atoms with Gasteiger partial charge in [-0.15, -0.1) is 0 Å². The minimum Gasteiger partial charge on any atom is -0.497 e. The summed E-state index contributed by atoms with van der Waals surface area (Å²) in [5.74, 6) is 1.43. The van der Waals surface area contributed by atoms with Gasteiger partial charge in [0.05, 0.1) is 20.3 Å². The van der Waals surface area contributed by atoms with Crippen LogP contribution in [0.4, 0.5) is 4.39 Å². The molecule has 0 aromatic heterocycles. The van der Waals surface area contributed by atoms with Crippen molar-refractivity contribution in [2.75, 3.05) is 28.1 Å². The Morgan fingerprint density at radius 2 is 1.86 bits per heavy atom. The number of methoxy groups -OCH3 is 3. The molecular weight excluding hydrogens is 394 g/mol. The van der Waals surface area contributed by atoms with Crippen molar-refractivity contribution in [2.24, 2.45) is 0 Å².